The molecule has 17 heavy (non-hydrogen) atoms. The molecule has 0 bridgehead atoms. The quantitative estimate of drug-likeness (QED) is 0.667. The van der Waals surface area contributed by atoms with Crippen molar-refractivity contribution in [3.05, 3.63) is 40.6 Å². The number of aromatic carboxylic acids is 1. The van der Waals surface area contributed by atoms with Gasteiger partial charge < -0.3 is 5.11 Å². The summed E-state index contributed by atoms with van der Waals surface area (Å²) >= 11 is 1.54. The van der Waals surface area contributed by atoms with Crippen molar-refractivity contribution >= 4 is 29.1 Å². The minimum atomic E-state index is -1.11. The van der Waals surface area contributed by atoms with Gasteiger partial charge in [-0.2, -0.15) is 16.3 Å². The second-order valence-electron chi connectivity index (χ2n) is 3.25. The van der Waals surface area contributed by atoms with Gasteiger partial charge in [-0.15, -0.1) is 0 Å². The molecule has 0 radical (unpaired) electrons. The van der Waals surface area contributed by atoms with E-state index in [1.54, 1.807) is 12.1 Å². The van der Waals surface area contributed by atoms with E-state index in [1.165, 1.54) is 23.5 Å². The van der Waals surface area contributed by atoms with E-state index in [-0.39, 0.29) is 11.3 Å². The summed E-state index contributed by atoms with van der Waals surface area (Å²) in [5.74, 6) is -1.11. The predicted octanol–water partition coefficient (Wildman–Crippen LogP) is 3.08. The Morgan fingerprint density at radius 1 is 1.29 bits per heavy atom. The first kappa shape index (κ1) is 11.3. The summed E-state index contributed by atoms with van der Waals surface area (Å²) in [7, 11) is 0. The van der Waals surface area contributed by atoms with Gasteiger partial charge in [0.15, 0.2) is 0 Å². The number of carbonyl (C=O) groups excluding carboxylic acids is 1. The van der Waals surface area contributed by atoms with Crippen molar-refractivity contribution in [1.82, 2.24) is 0 Å². The van der Waals surface area contributed by atoms with E-state index in [0.29, 0.717) is 0 Å². The van der Waals surface area contributed by atoms with Crippen LogP contribution in [0.3, 0.4) is 0 Å². The molecule has 0 saturated heterocycles. The van der Waals surface area contributed by atoms with Crippen molar-refractivity contribution in [2.24, 2.45) is 4.99 Å². The van der Waals surface area contributed by atoms with E-state index >= 15 is 0 Å². The molecule has 0 aliphatic carbocycles. The fourth-order valence-electron chi connectivity index (χ4n) is 1.46. The molecule has 2 aromatic rings. The van der Waals surface area contributed by atoms with E-state index in [1.807, 2.05) is 16.8 Å². The maximum Gasteiger partial charge on any atom is 0.337 e. The standard InChI is InChI=1S/C12H7NO3S/c14-7-13-11-5-8(9-3-4-17-6-9)1-2-10(11)12(15)16/h1-6H,(H,15,16). The molecule has 84 valence electrons. The molecule has 1 aromatic heterocycles. The Morgan fingerprint density at radius 3 is 2.71 bits per heavy atom. The van der Waals surface area contributed by atoms with Crippen LogP contribution in [-0.2, 0) is 4.79 Å². The number of hydrogen-bond donors (Lipinski definition) is 1. The molecule has 1 N–H and O–H groups in total. The maximum atomic E-state index is 10.9. The van der Waals surface area contributed by atoms with Crippen LogP contribution < -0.4 is 0 Å². The number of benzene rings is 1. The SMILES string of the molecule is O=C=Nc1cc(-c2ccsc2)ccc1C(=O)O. The molecule has 0 unspecified atom stereocenters. The Labute approximate surface area is 101 Å². The van der Waals surface area contributed by atoms with E-state index in [9.17, 15) is 9.59 Å². The van der Waals surface area contributed by atoms with Crippen molar-refractivity contribution < 1.29 is 14.7 Å². The molecule has 0 saturated carbocycles. The van der Waals surface area contributed by atoms with Gasteiger partial charge >= 0.3 is 5.97 Å². The van der Waals surface area contributed by atoms with Crippen LogP contribution in [0, 0.1) is 0 Å². The summed E-state index contributed by atoms with van der Waals surface area (Å²) in [6, 6.07) is 6.60. The monoisotopic (exact) mass is 245 g/mol. The van der Waals surface area contributed by atoms with Crippen molar-refractivity contribution in [3.8, 4) is 11.1 Å². The third-order valence-corrected chi connectivity index (χ3v) is 2.93. The number of hydrogen-bond acceptors (Lipinski definition) is 4. The molecule has 0 atom stereocenters. The van der Waals surface area contributed by atoms with Crippen LogP contribution in [0.25, 0.3) is 11.1 Å². The van der Waals surface area contributed by atoms with Crippen LogP contribution in [0.4, 0.5) is 5.69 Å². The first-order valence-electron chi connectivity index (χ1n) is 4.70. The smallest absolute Gasteiger partial charge is 0.337 e. The maximum absolute atomic E-state index is 10.9. The number of nitrogens with zero attached hydrogens (tertiary/aromatic N) is 1. The molecule has 5 heteroatoms. The van der Waals surface area contributed by atoms with Gasteiger partial charge in [0.25, 0.3) is 0 Å². The summed E-state index contributed by atoms with van der Waals surface area (Å²) in [4.78, 5) is 24.6. The summed E-state index contributed by atoms with van der Waals surface area (Å²) in [5.41, 5.74) is 1.91. The highest BCUT2D eigenvalue weighted by atomic mass is 32.1. The molecule has 1 heterocycles. The van der Waals surface area contributed by atoms with E-state index in [2.05, 4.69) is 4.99 Å². The van der Waals surface area contributed by atoms with Gasteiger partial charge in [0, 0.05) is 0 Å². The largest absolute Gasteiger partial charge is 0.478 e. The fourth-order valence-corrected chi connectivity index (χ4v) is 2.13. The van der Waals surface area contributed by atoms with Crippen LogP contribution in [0.1, 0.15) is 10.4 Å². The Hall–Kier alpha value is -2.23. The number of rotatable bonds is 3. The topological polar surface area (TPSA) is 66.7 Å². The number of carboxylic acids is 1. The summed E-state index contributed by atoms with van der Waals surface area (Å²) in [6.07, 6.45) is 1.37. The molecule has 0 aliphatic heterocycles. The van der Waals surface area contributed by atoms with Crippen LogP contribution in [0.15, 0.2) is 40.0 Å². The van der Waals surface area contributed by atoms with Crippen molar-refractivity contribution in [2.45, 2.75) is 0 Å². The molecule has 4 nitrogen and oxygen atoms in total. The molecule has 0 aliphatic rings. The minimum Gasteiger partial charge on any atom is -0.478 e. The average Bonchev–Trinajstić information content (AvgIpc) is 2.82. The fraction of sp³-hybridized carbons (Fsp3) is 0. The number of carbonyl (C=O) groups is 1. The van der Waals surface area contributed by atoms with E-state index in [4.69, 9.17) is 5.11 Å². The van der Waals surface area contributed by atoms with Gasteiger partial charge in [0.05, 0.1) is 11.3 Å². The number of thiophene rings is 1. The Bertz CT molecular complexity index is 598. The zero-order valence-electron chi connectivity index (χ0n) is 8.58. The number of carboxylic acid groups (broad SMARTS) is 1. The Balaban J connectivity index is 2.57. The lowest BCUT2D eigenvalue weighted by Gasteiger charge is -2.02. The molecule has 0 amide bonds. The zero-order chi connectivity index (χ0) is 12.3. The van der Waals surface area contributed by atoms with Crippen molar-refractivity contribution in [3.63, 3.8) is 0 Å². The average molecular weight is 245 g/mol. The van der Waals surface area contributed by atoms with Crippen LogP contribution in [0.5, 0.6) is 0 Å². The highest BCUT2D eigenvalue weighted by Gasteiger charge is 2.11. The zero-order valence-corrected chi connectivity index (χ0v) is 9.40. The summed E-state index contributed by atoms with van der Waals surface area (Å²) in [6.45, 7) is 0. The third kappa shape index (κ3) is 2.30. The normalized spacial score (nSPS) is 9.65. The van der Waals surface area contributed by atoms with Crippen LogP contribution >= 0.6 is 11.3 Å². The summed E-state index contributed by atoms with van der Waals surface area (Å²) < 4.78 is 0. The van der Waals surface area contributed by atoms with Crippen molar-refractivity contribution in [2.75, 3.05) is 0 Å². The molecule has 0 fully saturated rings. The minimum absolute atomic E-state index is 0.00710. The lowest BCUT2D eigenvalue weighted by Crippen LogP contribution is -1.96. The van der Waals surface area contributed by atoms with E-state index in [0.717, 1.165) is 11.1 Å². The number of isocyanates is 1. The first-order valence-corrected chi connectivity index (χ1v) is 5.64. The van der Waals surface area contributed by atoms with Gasteiger partial charge in [-0.25, -0.2) is 9.59 Å². The highest BCUT2D eigenvalue weighted by Crippen LogP contribution is 2.28. The highest BCUT2D eigenvalue weighted by molar-refractivity contribution is 7.08. The first-order chi connectivity index (χ1) is 8.22. The Kier molecular flexibility index (Phi) is 3.14. The van der Waals surface area contributed by atoms with Crippen LogP contribution in [0.2, 0.25) is 0 Å². The predicted molar refractivity (Wildman–Crippen MR) is 64.5 cm³/mol. The lowest BCUT2D eigenvalue weighted by molar-refractivity contribution is 0.0698. The van der Waals surface area contributed by atoms with Crippen LogP contribution in [-0.4, -0.2) is 17.2 Å². The van der Waals surface area contributed by atoms with E-state index < -0.39 is 5.97 Å². The van der Waals surface area contributed by atoms with Gasteiger partial charge in [0.1, 0.15) is 0 Å². The molecular formula is C12H7NO3S. The van der Waals surface area contributed by atoms with Gasteiger partial charge in [0.2, 0.25) is 6.08 Å². The Morgan fingerprint density at radius 2 is 2.12 bits per heavy atom. The third-order valence-electron chi connectivity index (χ3n) is 2.25. The molecule has 1 aromatic carbocycles. The van der Waals surface area contributed by atoms with Gasteiger partial charge in [-0.3, -0.25) is 0 Å². The molecule has 2 rings (SSSR count). The second kappa shape index (κ2) is 4.74. The van der Waals surface area contributed by atoms with Crippen molar-refractivity contribution in [1.29, 1.82) is 0 Å². The summed E-state index contributed by atoms with van der Waals surface area (Å²) in [5, 5.41) is 12.8. The molecule has 0 spiro atoms. The lowest BCUT2D eigenvalue weighted by atomic mass is 10.1. The second-order valence-corrected chi connectivity index (χ2v) is 4.03. The number of aliphatic imine (C=N–C) groups is 1. The van der Waals surface area contributed by atoms with Gasteiger partial charge in [-0.1, -0.05) is 6.07 Å². The molecular weight excluding hydrogens is 238 g/mol. The van der Waals surface area contributed by atoms with Gasteiger partial charge in [-0.05, 0) is 40.1 Å².